The van der Waals surface area contributed by atoms with E-state index >= 15 is 0 Å². The lowest BCUT2D eigenvalue weighted by atomic mass is 10.1. The van der Waals surface area contributed by atoms with Crippen molar-refractivity contribution in [3.8, 4) is 5.75 Å². The number of aromatic hydroxyl groups is 1. The average Bonchev–Trinajstić information content (AvgIpc) is 3.03. The van der Waals surface area contributed by atoms with Gasteiger partial charge in [0.1, 0.15) is 5.75 Å². The molecule has 5 nitrogen and oxygen atoms in total. The largest absolute Gasteiger partial charge is 0.508 e. The van der Waals surface area contributed by atoms with Gasteiger partial charge in [-0.1, -0.05) is 41.6 Å². The van der Waals surface area contributed by atoms with Crippen molar-refractivity contribution in [3.63, 3.8) is 0 Å². The first kappa shape index (κ1) is 17.2. The summed E-state index contributed by atoms with van der Waals surface area (Å²) in [4.78, 5) is 6.63. The fraction of sp³-hybridized carbons (Fsp3) is 0.300. The second-order valence-electron chi connectivity index (χ2n) is 6.39. The van der Waals surface area contributed by atoms with Crippen LogP contribution in [0.2, 0.25) is 0 Å². The minimum Gasteiger partial charge on any atom is -0.508 e. The van der Waals surface area contributed by atoms with E-state index in [9.17, 15) is 5.11 Å². The van der Waals surface area contributed by atoms with Crippen LogP contribution in [0.4, 0.5) is 0 Å². The highest BCUT2D eigenvalue weighted by molar-refractivity contribution is 5.29. The Labute approximate surface area is 147 Å². The molecule has 0 saturated carbocycles. The van der Waals surface area contributed by atoms with Crippen molar-refractivity contribution in [2.45, 2.75) is 32.9 Å². The van der Waals surface area contributed by atoms with Crippen LogP contribution >= 0.6 is 0 Å². The third-order valence-corrected chi connectivity index (χ3v) is 4.52. The Hall–Kier alpha value is -2.66. The number of phenols is 1. The number of benzene rings is 2. The Kier molecular flexibility index (Phi) is 5.14. The van der Waals surface area contributed by atoms with Crippen LogP contribution in [0.1, 0.15) is 41.4 Å². The van der Waals surface area contributed by atoms with Gasteiger partial charge in [-0.25, -0.2) is 0 Å². The van der Waals surface area contributed by atoms with E-state index in [2.05, 4.69) is 41.0 Å². The summed E-state index contributed by atoms with van der Waals surface area (Å²) < 4.78 is 5.40. The molecule has 3 rings (SSSR count). The maximum absolute atomic E-state index is 9.64. The predicted octanol–water partition coefficient (Wildman–Crippen LogP) is 3.87. The van der Waals surface area contributed by atoms with Crippen molar-refractivity contribution in [1.82, 2.24) is 15.0 Å². The van der Waals surface area contributed by atoms with Gasteiger partial charge in [-0.15, -0.1) is 0 Å². The monoisotopic (exact) mass is 337 g/mol. The summed E-state index contributed by atoms with van der Waals surface area (Å²) in [6.45, 7) is 4.74. The molecule has 0 radical (unpaired) electrons. The van der Waals surface area contributed by atoms with Crippen LogP contribution in [-0.2, 0) is 13.0 Å². The molecular formula is C20H23N3O2. The molecule has 0 saturated heterocycles. The maximum atomic E-state index is 9.64. The number of hydrogen-bond donors (Lipinski definition) is 1. The molecule has 0 aliphatic carbocycles. The molecule has 0 unspecified atom stereocenters. The number of phenolic OH excluding ortho intramolecular Hbond substituents is 1. The summed E-state index contributed by atoms with van der Waals surface area (Å²) in [5.74, 6) is 1.57. The van der Waals surface area contributed by atoms with Gasteiger partial charge in [0.05, 0.1) is 13.0 Å². The first-order valence-corrected chi connectivity index (χ1v) is 8.38. The molecule has 0 bridgehead atoms. The minimum atomic E-state index is 0.130. The van der Waals surface area contributed by atoms with Gasteiger partial charge in [-0.2, -0.15) is 4.98 Å². The first-order valence-electron chi connectivity index (χ1n) is 8.38. The molecule has 0 aliphatic heterocycles. The summed E-state index contributed by atoms with van der Waals surface area (Å²) >= 11 is 0. The molecule has 130 valence electrons. The summed E-state index contributed by atoms with van der Waals surface area (Å²) in [7, 11) is 2.01. The minimum absolute atomic E-state index is 0.130. The van der Waals surface area contributed by atoms with Crippen LogP contribution in [-0.4, -0.2) is 27.2 Å². The van der Waals surface area contributed by atoms with Crippen molar-refractivity contribution in [1.29, 1.82) is 0 Å². The zero-order valence-electron chi connectivity index (χ0n) is 14.8. The molecule has 1 heterocycles. The predicted molar refractivity (Wildman–Crippen MR) is 96.3 cm³/mol. The molecule has 3 aromatic rings. The quantitative estimate of drug-likeness (QED) is 0.740. The molecular weight excluding hydrogens is 314 g/mol. The van der Waals surface area contributed by atoms with E-state index in [0.29, 0.717) is 24.7 Å². The SMILES string of the molecule is Cc1ccccc1Cc1nc(CN(C)[C@H](C)c2cccc(O)c2)no1. The van der Waals surface area contributed by atoms with Crippen molar-refractivity contribution in [3.05, 3.63) is 76.9 Å². The molecule has 2 aromatic carbocycles. The van der Waals surface area contributed by atoms with Gasteiger partial charge in [0.25, 0.3) is 0 Å². The molecule has 0 amide bonds. The zero-order chi connectivity index (χ0) is 17.8. The van der Waals surface area contributed by atoms with Crippen molar-refractivity contribution >= 4 is 0 Å². The van der Waals surface area contributed by atoms with E-state index in [1.165, 1.54) is 11.1 Å². The first-order chi connectivity index (χ1) is 12.0. The van der Waals surface area contributed by atoms with Gasteiger partial charge >= 0.3 is 0 Å². The number of rotatable bonds is 6. The van der Waals surface area contributed by atoms with Crippen LogP contribution in [0, 0.1) is 6.92 Å². The van der Waals surface area contributed by atoms with E-state index < -0.39 is 0 Å². The van der Waals surface area contributed by atoms with E-state index in [1.807, 2.05) is 31.3 Å². The lowest BCUT2D eigenvalue weighted by Crippen LogP contribution is -2.22. The van der Waals surface area contributed by atoms with Gasteiger partial charge in [0.2, 0.25) is 5.89 Å². The van der Waals surface area contributed by atoms with Crippen molar-refractivity contribution in [2.75, 3.05) is 7.05 Å². The molecule has 25 heavy (non-hydrogen) atoms. The lowest BCUT2D eigenvalue weighted by Gasteiger charge is -2.23. The molecule has 0 spiro atoms. The van der Waals surface area contributed by atoms with Crippen molar-refractivity contribution in [2.24, 2.45) is 0 Å². The van der Waals surface area contributed by atoms with Gasteiger partial charge in [0, 0.05) is 6.04 Å². The Morgan fingerprint density at radius 3 is 2.72 bits per heavy atom. The van der Waals surface area contributed by atoms with Crippen molar-refractivity contribution < 1.29 is 9.63 Å². The Morgan fingerprint density at radius 2 is 1.96 bits per heavy atom. The van der Waals surface area contributed by atoms with E-state index in [4.69, 9.17) is 4.52 Å². The highest BCUT2D eigenvalue weighted by atomic mass is 16.5. The molecule has 1 atom stereocenters. The fourth-order valence-electron chi connectivity index (χ4n) is 2.80. The van der Waals surface area contributed by atoms with Gasteiger partial charge in [-0.05, 0) is 49.7 Å². The second-order valence-corrected chi connectivity index (χ2v) is 6.39. The highest BCUT2D eigenvalue weighted by Crippen LogP contribution is 2.23. The third kappa shape index (κ3) is 4.25. The van der Waals surface area contributed by atoms with Crippen LogP contribution in [0.15, 0.2) is 53.1 Å². The Bertz CT molecular complexity index is 844. The van der Waals surface area contributed by atoms with Crippen LogP contribution < -0.4 is 0 Å². The molecule has 0 fully saturated rings. The normalized spacial score (nSPS) is 12.5. The molecule has 1 N–H and O–H groups in total. The summed E-state index contributed by atoms with van der Waals surface area (Å²) in [5.41, 5.74) is 3.46. The second kappa shape index (κ2) is 7.49. The van der Waals surface area contributed by atoms with E-state index in [1.54, 1.807) is 12.1 Å². The average molecular weight is 337 g/mol. The Balaban J connectivity index is 1.65. The van der Waals surface area contributed by atoms with Crippen LogP contribution in [0.25, 0.3) is 0 Å². The molecule has 1 aromatic heterocycles. The standard InChI is InChI=1S/C20H23N3O2/c1-14-7-4-5-8-16(14)12-20-21-19(22-25-20)13-23(3)15(2)17-9-6-10-18(24)11-17/h4-11,15,24H,12-13H2,1-3H3/t15-/m1/s1. The highest BCUT2D eigenvalue weighted by Gasteiger charge is 2.16. The number of hydrogen-bond acceptors (Lipinski definition) is 5. The number of nitrogens with zero attached hydrogens (tertiary/aromatic N) is 3. The lowest BCUT2D eigenvalue weighted by molar-refractivity contribution is 0.242. The van der Waals surface area contributed by atoms with E-state index in [-0.39, 0.29) is 11.8 Å². The summed E-state index contributed by atoms with van der Waals surface area (Å²) in [6, 6.07) is 15.6. The fourth-order valence-corrected chi connectivity index (χ4v) is 2.80. The third-order valence-electron chi connectivity index (χ3n) is 4.52. The van der Waals surface area contributed by atoms with Gasteiger partial charge in [-0.3, -0.25) is 4.90 Å². The smallest absolute Gasteiger partial charge is 0.231 e. The van der Waals surface area contributed by atoms with Gasteiger partial charge in [0.15, 0.2) is 5.82 Å². The van der Waals surface area contributed by atoms with E-state index in [0.717, 1.165) is 5.56 Å². The summed E-state index contributed by atoms with van der Waals surface area (Å²) in [5, 5.41) is 13.7. The van der Waals surface area contributed by atoms with Crippen LogP contribution in [0.3, 0.4) is 0 Å². The number of aromatic nitrogens is 2. The number of aryl methyl sites for hydroxylation is 1. The summed E-state index contributed by atoms with van der Waals surface area (Å²) in [6.07, 6.45) is 0.644. The zero-order valence-corrected chi connectivity index (χ0v) is 14.8. The Morgan fingerprint density at radius 1 is 1.16 bits per heavy atom. The maximum Gasteiger partial charge on any atom is 0.231 e. The van der Waals surface area contributed by atoms with Crippen LogP contribution in [0.5, 0.6) is 5.75 Å². The van der Waals surface area contributed by atoms with Gasteiger partial charge < -0.3 is 9.63 Å². The molecule has 0 aliphatic rings. The topological polar surface area (TPSA) is 62.4 Å². The molecule has 5 heteroatoms.